The Labute approximate surface area is 192 Å². The van der Waals surface area contributed by atoms with Gasteiger partial charge in [0.05, 0.1) is 16.6 Å². The third-order valence-electron chi connectivity index (χ3n) is 6.04. The van der Waals surface area contributed by atoms with E-state index in [2.05, 4.69) is 10.2 Å². The van der Waals surface area contributed by atoms with Crippen LogP contribution in [0.15, 0.2) is 71.5 Å². The SMILES string of the molecule is Cc1cccc(NC(=O)c2ccc3c(=O)n(-c4cccc(C)c4)c(N4CCCC4)nc3c2)c1. The van der Waals surface area contributed by atoms with Gasteiger partial charge in [-0.05, 0) is 80.3 Å². The standard InChI is InChI=1S/C27H26N4O2/c1-18-7-5-9-21(15-18)28-25(32)20-11-12-23-24(17-20)29-27(30-13-3-4-14-30)31(26(23)33)22-10-6-8-19(2)16-22/h5-12,15-17H,3-4,13-14H2,1-2H3,(H,28,32). The van der Waals surface area contributed by atoms with E-state index in [9.17, 15) is 9.59 Å². The van der Waals surface area contributed by atoms with Crippen LogP contribution in [0.5, 0.6) is 0 Å². The van der Waals surface area contributed by atoms with Crippen LogP contribution in [0.25, 0.3) is 16.6 Å². The predicted octanol–water partition coefficient (Wildman–Crippen LogP) is 4.86. The highest BCUT2D eigenvalue weighted by atomic mass is 16.1. The summed E-state index contributed by atoms with van der Waals surface area (Å²) in [7, 11) is 0. The number of anilines is 2. The molecule has 4 aromatic rings. The molecule has 6 nitrogen and oxygen atoms in total. The van der Waals surface area contributed by atoms with Gasteiger partial charge in [0.2, 0.25) is 5.95 Å². The molecule has 2 heterocycles. The number of amides is 1. The van der Waals surface area contributed by atoms with E-state index in [1.54, 1.807) is 22.8 Å². The molecule has 1 saturated heterocycles. The highest BCUT2D eigenvalue weighted by Crippen LogP contribution is 2.24. The van der Waals surface area contributed by atoms with E-state index in [1.807, 2.05) is 62.4 Å². The van der Waals surface area contributed by atoms with Crippen molar-refractivity contribution in [3.05, 3.63) is 93.8 Å². The van der Waals surface area contributed by atoms with Gasteiger partial charge in [0.25, 0.3) is 11.5 Å². The molecule has 33 heavy (non-hydrogen) atoms. The summed E-state index contributed by atoms with van der Waals surface area (Å²) in [4.78, 5) is 33.6. The number of aryl methyl sites for hydroxylation is 2. The molecular formula is C27H26N4O2. The summed E-state index contributed by atoms with van der Waals surface area (Å²) >= 11 is 0. The minimum absolute atomic E-state index is 0.127. The Bertz CT molecular complexity index is 1420. The molecule has 1 fully saturated rings. The van der Waals surface area contributed by atoms with Crippen LogP contribution in [0.3, 0.4) is 0 Å². The summed E-state index contributed by atoms with van der Waals surface area (Å²) < 4.78 is 1.70. The summed E-state index contributed by atoms with van der Waals surface area (Å²) in [6.45, 7) is 5.71. The van der Waals surface area contributed by atoms with E-state index in [1.165, 1.54) is 0 Å². The van der Waals surface area contributed by atoms with Crippen LogP contribution in [0.2, 0.25) is 0 Å². The first-order valence-electron chi connectivity index (χ1n) is 11.3. The Hall–Kier alpha value is -3.93. The lowest BCUT2D eigenvalue weighted by Gasteiger charge is -2.22. The molecule has 0 unspecified atom stereocenters. The summed E-state index contributed by atoms with van der Waals surface area (Å²) in [5, 5.41) is 3.42. The minimum Gasteiger partial charge on any atom is -0.342 e. The first-order valence-corrected chi connectivity index (χ1v) is 11.3. The second-order valence-corrected chi connectivity index (χ2v) is 8.64. The maximum Gasteiger partial charge on any atom is 0.267 e. The molecule has 3 aromatic carbocycles. The van der Waals surface area contributed by atoms with Gasteiger partial charge >= 0.3 is 0 Å². The topological polar surface area (TPSA) is 67.2 Å². The van der Waals surface area contributed by atoms with Gasteiger partial charge < -0.3 is 10.2 Å². The average molecular weight is 439 g/mol. The quantitative estimate of drug-likeness (QED) is 0.494. The molecule has 1 aromatic heterocycles. The van der Waals surface area contributed by atoms with Gasteiger partial charge in [0.1, 0.15) is 0 Å². The van der Waals surface area contributed by atoms with Gasteiger partial charge in [-0.25, -0.2) is 9.55 Å². The third kappa shape index (κ3) is 4.12. The summed E-state index contributed by atoms with van der Waals surface area (Å²) in [6, 6.07) is 20.7. The second-order valence-electron chi connectivity index (χ2n) is 8.64. The molecule has 5 rings (SSSR count). The summed E-state index contributed by atoms with van der Waals surface area (Å²) in [5.74, 6) is 0.404. The molecule has 6 heteroatoms. The van der Waals surface area contributed by atoms with Gasteiger partial charge in [0, 0.05) is 24.3 Å². The fourth-order valence-corrected chi connectivity index (χ4v) is 4.37. The lowest BCUT2D eigenvalue weighted by atomic mass is 10.1. The molecule has 0 saturated carbocycles. The molecule has 0 radical (unpaired) electrons. The molecule has 1 amide bonds. The van der Waals surface area contributed by atoms with E-state index in [0.717, 1.165) is 48.4 Å². The van der Waals surface area contributed by atoms with Crippen LogP contribution in [-0.4, -0.2) is 28.5 Å². The van der Waals surface area contributed by atoms with Crippen LogP contribution in [-0.2, 0) is 0 Å². The van der Waals surface area contributed by atoms with Crippen molar-refractivity contribution in [2.75, 3.05) is 23.3 Å². The number of hydrogen-bond acceptors (Lipinski definition) is 4. The van der Waals surface area contributed by atoms with Crippen molar-refractivity contribution in [2.24, 2.45) is 0 Å². The van der Waals surface area contributed by atoms with Gasteiger partial charge in [-0.3, -0.25) is 9.59 Å². The molecular weight excluding hydrogens is 412 g/mol. The van der Waals surface area contributed by atoms with Crippen molar-refractivity contribution in [3.8, 4) is 5.69 Å². The maximum atomic E-state index is 13.6. The Morgan fingerprint density at radius 1 is 0.909 bits per heavy atom. The van der Waals surface area contributed by atoms with E-state index >= 15 is 0 Å². The van der Waals surface area contributed by atoms with E-state index in [-0.39, 0.29) is 11.5 Å². The van der Waals surface area contributed by atoms with E-state index in [4.69, 9.17) is 4.98 Å². The monoisotopic (exact) mass is 438 g/mol. The van der Waals surface area contributed by atoms with Crippen LogP contribution in [0, 0.1) is 13.8 Å². The van der Waals surface area contributed by atoms with Crippen molar-refractivity contribution in [3.63, 3.8) is 0 Å². The molecule has 166 valence electrons. The fraction of sp³-hybridized carbons (Fsp3) is 0.222. The van der Waals surface area contributed by atoms with Gasteiger partial charge in [-0.1, -0.05) is 24.3 Å². The number of nitrogens with one attached hydrogen (secondary N) is 1. The Kier molecular flexibility index (Phi) is 5.42. The van der Waals surface area contributed by atoms with E-state index in [0.29, 0.717) is 22.4 Å². The van der Waals surface area contributed by atoms with Gasteiger partial charge in [0.15, 0.2) is 0 Å². The summed E-state index contributed by atoms with van der Waals surface area (Å²) in [5.41, 5.74) is 4.56. The van der Waals surface area contributed by atoms with Crippen molar-refractivity contribution in [2.45, 2.75) is 26.7 Å². The largest absolute Gasteiger partial charge is 0.342 e. The number of carbonyl (C=O) groups is 1. The second kappa shape index (κ2) is 8.54. The van der Waals surface area contributed by atoms with Crippen molar-refractivity contribution in [1.29, 1.82) is 0 Å². The van der Waals surface area contributed by atoms with Crippen LogP contribution in [0.4, 0.5) is 11.6 Å². The highest BCUT2D eigenvalue weighted by molar-refractivity contribution is 6.06. The zero-order chi connectivity index (χ0) is 22.9. The number of hydrogen-bond donors (Lipinski definition) is 1. The molecule has 0 aliphatic carbocycles. The molecule has 1 N–H and O–H groups in total. The Balaban J connectivity index is 1.61. The zero-order valence-electron chi connectivity index (χ0n) is 18.8. The molecule has 1 aliphatic heterocycles. The number of fused-ring (bicyclic) bond motifs is 1. The zero-order valence-corrected chi connectivity index (χ0v) is 18.8. The first-order chi connectivity index (χ1) is 16.0. The van der Waals surface area contributed by atoms with Gasteiger partial charge in [-0.2, -0.15) is 0 Å². The van der Waals surface area contributed by atoms with Crippen LogP contribution in [0.1, 0.15) is 34.3 Å². The van der Waals surface area contributed by atoms with Crippen molar-refractivity contribution >= 4 is 28.4 Å². The average Bonchev–Trinajstić information content (AvgIpc) is 3.33. The molecule has 0 bridgehead atoms. The van der Waals surface area contributed by atoms with E-state index < -0.39 is 0 Å². The number of rotatable bonds is 4. The number of benzene rings is 3. The van der Waals surface area contributed by atoms with Crippen LogP contribution < -0.4 is 15.8 Å². The highest BCUT2D eigenvalue weighted by Gasteiger charge is 2.22. The molecule has 0 atom stereocenters. The molecule has 0 spiro atoms. The molecule has 1 aliphatic rings. The Morgan fingerprint density at radius 3 is 2.36 bits per heavy atom. The minimum atomic E-state index is -0.227. The lowest BCUT2D eigenvalue weighted by molar-refractivity contribution is 0.102. The number of carbonyl (C=O) groups excluding carboxylic acids is 1. The number of nitrogens with zero attached hydrogens (tertiary/aromatic N) is 3. The third-order valence-corrected chi connectivity index (χ3v) is 6.04. The predicted molar refractivity (Wildman–Crippen MR) is 133 cm³/mol. The number of aromatic nitrogens is 2. The van der Waals surface area contributed by atoms with Gasteiger partial charge in [-0.15, -0.1) is 0 Å². The normalized spacial score (nSPS) is 13.5. The van der Waals surface area contributed by atoms with Crippen LogP contribution >= 0.6 is 0 Å². The first kappa shape index (κ1) is 20.9. The fourth-order valence-electron chi connectivity index (χ4n) is 4.37. The smallest absolute Gasteiger partial charge is 0.267 e. The maximum absolute atomic E-state index is 13.6. The van der Waals surface area contributed by atoms with Crippen molar-refractivity contribution in [1.82, 2.24) is 9.55 Å². The van der Waals surface area contributed by atoms with Crippen molar-refractivity contribution < 1.29 is 4.79 Å². The Morgan fingerprint density at radius 2 is 1.64 bits per heavy atom. The summed E-state index contributed by atoms with van der Waals surface area (Å²) in [6.07, 6.45) is 2.14. The lowest BCUT2D eigenvalue weighted by Crippen LogP contribution is -2.30.